The molecule has 0 aliphatic heterocycles. The molecule has 1 heterocycles. The van der Waals surface area contributed by atoms with Crippen molar-refractivity contribution in [2.75, 3.05) is 11.5 Å². The first-order chi connectivity index (χ1) is 6.26. The summed E-state index contributed by atoms with van der Waals surface area (Å²) in [6, 6.07) is 5.39. The van der Waals surface area contributed by atoms with Gasteiger partial charge < -0.3 is 0 Å². The molecule has 0 spiro atoms. The third-order valence-corrected chi connectivity index (χ3v) is 3.00. The normalized spacial score (nSPS) is 10.4. The summed E-state index contributed by atoms with van der Waals surface area (Å²) in [5.41, 5.74) is 1.09. The molecule has 0 aliphatic carbocycles. The van der Waals surface area contributed by atoms with Gasteiger partial charge in [-0.3, -0.25) is 0 Å². The van der Waals surface area contributed by atoms with Gasteiger partial charge >= 0.3 is 0 Å². The lowest BCUT2D eigenvalue weighted by molar-refractivity contribution is 1.02. The standard InChI is InChI=1S/C10H14NS2/c1-4-12-9-6-8(3)11-10(7-9)13-5-2/h6H,4-5H2,1-3H3. The molecule has 13 heavy (non-hydrogen) atoms. The van der Waals surface area contributed by atoms with E-state index in [9.17, 15) is 0 Å². The molecule has 71 valence electrons. The van der Waals surface area contributed by atoms with Crippen LogP contribution in [0.5, 0.6) is 0 Å². The molecule has 0 amide bonds. The molecule has 0 bridgehead atoms. The quantitative estimate of drug-likeness (QED) is 0.710. The highest BCUT2D eigenvalue weighted by Gasteiger charge is 2.00. The van der Waals surface area contributed by atoms with Gasteiger partial charge in [0.1, 0.15) is 5.03 Å². The van der Waals surface area contributed by atoms with Gasteiger partial charge in [0.05, 0.1) is 0 Å². The molecule has 1 nitrogen and oxygen atoms in total. The number of hydrogen-bond donors (Lipinski definition) is 0. The Balaban J connectivity index is 2.83. The van der Waals surface area contributed by atoms with E-state index in [4.69, 9.17) is 0 Å². The maximum Gasteiger partial charge on any atom is 0.105 e. The van der Waals surface area contributed by atoms with E-state index in [1.165, 1.54) is 4.90 Å². The van der Waals surface area contributed by atoms with Crippen LogP contribution in [0.15, 0.2) is 16.0 Å². The van der Waals surface area contributed by atoms with Crippen molar-refractivity contribution in [2.45, 2.75) is 30.7 Å². The molecule has 1 rings (SSSR count). The molecular formula is C10H14NS2. The zero-order valence-electron chi connectivity index (χ0n) is 8.26. The lowest BCUT2D eigenvalue weighted by Crippen LogP contribution is -1.87. The van der Waals surface area contributed by atoms with E-state index in [0.717, 1.165) is 22.2 Å². The Morgan fingerprint density at radius 1 is 1.31 bits per heavy atom. The predicted octanol–water partition coefficient (Wildman–Crippen LogP) is 3.41. The Morgan fingerprint density at radius 3 is 2.62 bits per heavy atom. The number of pyridine rings is 1. The molecule has 0 fully saturated rings. The Morgan fingerprint density at radius 2 is 2.00 bits per heavy atom. The van der Waals surface area contributed by atoms with Gasteiger partial charge in [-0.1, -0.05) is 13.8 Å². The summed E-state index contributed by atoms with van der Waals surface area (Å²) >= 11 is 3.57. The zero-order chi connectivity index (χ0) is 9.68. The summed E-state index contributed by atoms with van der Waals surface area (Å²) in [4.78, 5) is 5.61. The molecule has 0 aromatic carbocycles. The van der Waals surface area contributed by atoms with Crippen LogP contribution in [0.2, 0.25) is 0 Å². The Hall–Kier alpha value is -0.150. The highest BCUT2D eigenvalue weighted by atomic mass is 32.2. The van der Waals surface area contributed by atoms with Gasteiger partial charge in [0.2, 0.25) is 0 Å². The van der Waals surface area contributed by atoms with E-state index in [0.29, 0.717) is 0 Å². The maximum atomic E-state index is 4.40. The van der Waals surface area contributed by atoms with Gasteiger partial charge in [-0.05, 0) is 24.5 Å². The van der Waals surface area contributed by atoms with Crippen molar-refractivity contribution >= 4 is 23.5 Å². The number of nitrogens with zero attached hydrogens (tertiary/aromatic N) is 1. The summed E-state index contributed by atoms with van der Waals surface area (Å²) in [5.74, 6) is 2.15. The van der Waals surface area contributed by atoms with Crippen molar-refractivity contribution in [3.05, 3.63) is 17.8 Å². The van der Waals surface area contributed by atoms with E-state index < -0.39 is 0 Å². The topological polar surface area (TPSA) is 12.9 Å². The molecular weight excluding hydrogens is 198 g/mol. The molecule has 1 aromatic heterocycles. The van der Waals surface area contributed by atoms with E-state index >= 15 is 0 Å². The molecule has 1 radical (unpaired) electrons. The van der Waals surface area contributed by atoms with E-state index in [1.54, 1.807) is 11.8 Å². The highest BCUT2D eigenvalue weighted by molar-refractivity contribution is 8.00. The van der Waals surface area contributed by atoms with Crippen molar-refractivity contribution in [2.24, 2.45) is 0 Å². The number of rotatable bonds is 4. The average molecular weight is 212 g/mol. The van der Waals surface area contributed by atoms with Crippen LogP contribution < -0.4 is 0 Å². The van der Waals surface area contributed by atoms with Crippen molar-refractivity contribution < 1.29 is 0 Å². The monoisotopic (exact) mass is 212 g/mol. The van der Waals surface area contributed by atoms with Gasteiger partial charge in [-0.25, -0.2) is 4.98 Å². The minimum absolute atomic E-state index is 1.03. The molecule has 0 saturated heterocycles. The fourth-order valence-corrected chi connectivity index (χ4v) is 2.45. The fraction of sp³-hybridized carbons (Fsp3) is 0.500. The van der Waals surface area contributed by atoms with Crippen molar-refractivity contribution in [1.82, 2.24) is 4.98 Å². The second-order valence-corrected chi connectivity index (χ2v) is 5.12. The third-order valence-electron chi connectivity index (χ3n) is 1.43. The molecule has 0 atom stereocenters. The third kappa shape index (κ3) is 3.61. The lowest BCUT2D eigenvalue weighted by atomic mass is 10.4. The van der Waals surface area contributed by atoms with Crippen LogP contribution in [0.3, 0.4) is 0 Å². The highest BCUT2D eigenvalue weighted by Crippen LogP contribution is 2.23. The first kappa shape index (κ1) is 10.9. The Labute approximate surface area is 88.7 Å². The van der Waals surface area contributed by atoms with Gasteiger partial charge in [-0.15, -0.1) is 23.5 Å². The minimum Gasteiger partial charge on any atom is -0.246 e. The Kier molecular flexibility index (Phi) is 4.67. The summed E-state index contributed by atoms with van der Waals surface area (Å²) in [5, 5.41) is 1.03. The van der Waals surface area contributed by atoms with Crippen molar-refractivity contribution in [1.29, 1.82) is 0 Å². The molecule has 0 unspecified atom stereocenters. The van der Waals surface area contributed by atoms with Crippen LogP contribution in [0.1, 0.15) is 19.5 Å². The van der Waals surface area contributed by atoms with E-state index in [2.05, 4.69) is 31.0 Å². The maximum absolute atomic E-state index is 4.40. The first-order valence-corrected chi connectivity index (χ1v) is 6.40. The summed E-state index contributed by atoms with van der Waals surface area (Å²) in [7, 11) is 0. The van der Waals surface area contributed by atoms with Gasteiger partial charge in [-0.2, -0.15) is 0 Å². The van der Waals surface area contributed by atoms with E-state index in [-0.39, 0.29) is 0 Å². The van der Waals surface area contributed by atoms with Crippen molar-refractivity contribution in [3.8, 4) is 0 Å². The summed E-state index contributed by atoms with van der Waals surface area (Å²) in [6.45, 7) is 6.32. The number of hydrogen-bond acceptors (Lipinski definition) is 3. The molecule has 1 aromatic rings. The summed E-state index contributed by atoms with van der Waals surface area (Å²) < 4.78 is 0. The fourth-order valence-electron chi connectivity index (χ4n) is 0.990. The smallest absolute Gasteiger partial charge is 0.105 e. The van der Waals surface area contributed by atoms with Crippen LogP contribution in [-0.2, 0) is 0 Å². The number of aryl methyl sites for hydroxylation is 1. The van der Waals surface area contributed by atoms with Crippen LogP contribution >= 0.6 is 23.5 Å². The number of thioether (sulfide) groups is 2. The molecule has 0 saturated carbocycles. The number of aromatic nitrogens is 1. The minimum atomic E-state index is 1.03. The van der Waals surface area contributed by atoms with E-state index in [1.807, 2.05) is 18.7 Å². The molecule has 0 N–H and O–H groups in total. The zero-order valence-corrected chi connectivity index (χ0v) is 9.89. The SMILES string of the molecule is CCSc1[c]c(SCC)nc(C)c1. The van der Waals surface area contributed by atoms with Crippen LogP contribution in [0.4, 0.5) is 0 Å². The second kappa shape index (κ2) is 5.55. The largest absolute Gasteiger partial charge is 0.246 e. The Bertz CT molecular complexity index is 249. The predicted molar refractivity (Wildman–Crippen MR) is 60.6 cm³/mol. The lowest BCUT2D eigenvalue weighted by Gasteiger charge is -2.03. The first-order valence-electron chi connectivity index (χ1n) is 4.42. The average Bonchev–Trinajstić information content (AvgIpc) is 2.04. The summed E-state index contributed by atoms with van der Waals surface area (Å²) in [6.07, 6.45) is 0. The van der Waals surface area contributed by atoms with Gasteiger partial charge in [0.25, 0.3) is 0 Å². The van der Waals surface area contributed by atoms with Gasteiger partial charge in [0, 0.05) is 16.7 Å². The second-order valence-electron chi connectivity index (χ2n) is 2.56. The van der Waals surface area contributed by atoms with Crippen LogP contribution in [0, 0.1) is 13.0 Å². The van der Waals surface area contributed by atoms with Crippen LogP contribution in [0.25, 0.3) is 0 Å². The van der Waals surface area contributed by atoms with Crippen LogP contribution in [-0.4, -0.2) is 16.5 Å². The van der Waals surface area contributed by atoms with Gasteiger partial charge in [0.15, 0.2) is 0 Å². The molecule has 0 aliphatic rings. The van der Waals surface area contributed by atoms with Crippen molar-refractivity contribution in [3.63, 3.8) is 0 Å². The molecule has 3 heteroatoms.